The first kappa shape index (κ1) is 16.0. The Hall–Kier alpha value is -2.37. The Morgan fingerprint density at radius 1 is 1.23 bits per heavy atom. The van der Waals surface area contributed by atoms with E-state index < -0.39 is 0 Å². The van der Waals surface area contributed by atoms with E-state index in [2.05, 4.69) is 46.8 Å². The Morgan fingerprint density at radius 3 is 2.73 bits per heavy atom. The molecule has 0 unspecified atom stereocenters. The molecule has 2 rings (SSSR count). The van der Waals surface area contributed by atoms with Crippen molar-refractivity contribution < 1.29 is 4.79 Å². The van der Waals surface area contributed by atoms with Gasteiger partial charge in [0.05, 0.1) is 6.54 Å². The quantitative estimate of drug-likeness (QED) is 0.821. The number of hydrogen-bond acceptors (Lipinski definition) is 3. The van der Waals surface area contributed by atoms with Crippen LogP contribution in [0.3, 0.4) is 0 Å². The first-order chi connectivity index (χ1) is 10.6. The van der Waals surface area contributed by atoms with Gasteiger partial charge in [0.1, 0.15) is 6.33 Å². The number of rotatable bonds is 7. The Kier molecular flexibility index (Phi) is 5.94. The number of aryl methyl sites for hydroxylation is 2. The Morgan fingerprint density at radius 2 is 2.00 bits per heavy atom. The third kappa shape index (κ3) is 5.20. The SMILES string of the molecule is CC(C)CNC(=O)NCc1nncn1CCc1ccccc1. The minimum atomic E-state index is -0.175. The number of urea groups is 1. The minimum Gasteiger partial charge on any atom is -0.338 e. The van der Waals surface area contributed by atoms with Crippen LogP contribution < -0.4 is 10.6 Å². The maximum absolute atomic E-state index is 11.7. The van der Waals surface area contributed by atoms with Gasteiger partial charge < -0.3 is 15.2 Å². The molecule has 0 saturated carbocycles. The van der Waals surface area contributed by atoms with Crippen LogP contribution in [0.5, 0.6) is 0 Å². The van der Waals surface area contributed by atoms with E-state index in [0.717, 1.165) is 18.8 Å². The van der Waals surface area contributed by atoms with Crippen molar-refractivity contribution in [2.45, 2.75) is 33.4 Å². The second kappa shape index (κ2) is 8.17. The van der Waals surface area contributed by atoms with Crippen molar-refractivity contribution in [3.63, 3.8) is 0 Å². The molecule has 0 spiro atoms. The highest BCUT2D eigenvalue weighted by Gasteiger charge is 2.07. The van der Waals surface area contributed by atoms with Crippen LogP contribution in [-0.2, 0) is 19.5 Å². The van der Waals surface area contributed by atoms with Crippen LogP contribution in [0.1, 0.15) is 25.2 Å². The maximum atomic E-state index is 11.7. The average molecular weight is 301 g/mol. The summed E-state index contributed by atoms with van der Waals surface area (Å²) >= 11 is 0. The van der Waals surface area contributed by atoms with Gasteiger partial charge in [-0.2, -0.15) is 0 Å². The van der Waals surface area contributed by atoms with Crippen molar-refractivity contribution in [2.75, 3.05) is 6.54 Å². The van der Waals surface area contributed by atoms with Gasteiger partial charge in [0, 0.05) is 13.1 Å². The fourth-order valence-corrected chi connectivity index (χ4v) is 2.02. The molecular weight excluding hydrogens is 278 g/mol. The smallest absolute Gasteiger partial charge is 0.315 e. The van der Waals surface area contributed by atoms with Crippen LogP contribution in [0.25, 0.3) is 0 Å². The molecule has 2 N–H and O–H groups in total. The zero-order valence-corrected chi connectivity index (χ0v) is 13.1. The Labute approximate surface area is 130 Å². The van der Waals surface area contributed by atoms with E-state index in [-0.39, 0.29) is 6.03 Å². The van der Waals surface area contributed by atoms with Gasteiger partial charge in [-0.05, 0) is 17.9 Å². The molecule has 1 aromatic carbocycles. The molecule has 1 heterocycles. The second-order valence-electron chi connectivity index (χ2n) is 5.63. The average Bonchev–Trinajstić information content (AvgIpc) is 2.97. The summed E-state index contributed by atoms with van der Waals surface area (Å²) in [5.41, 5.74) is 1.27. The van der Waals surface area contributed by atoms with Crippen molar-refractivity contribution in [1.82, 2.24) is 25.4 Å². The summed E-state index contributed by atoms with van der Waals surface area (Å²) in [4.78, 5) is 11.7. The van der Waals surface area contributed by atoms with Gasteiger partial charge in [-0.25, -0.2) is 4.79 Å². The lowest BCUT2D eigenvalue weighted by atomic mass is 10.1. The highest BCUT2D eigenvalue weighted by molar-refractivity contribution is 5.73. The van der Waals surface area contributed by atoms with E-state index in [0.29, 0.717) is 19.0 Å². The fraction of sp³-hybridized carbons (Fsp3) is 0.438. The Balaban J connectivity index is 1.81. The number of hydrogen-bond donors (Lipinski definition) is 2. The molecular formula is C16H23N5O. The van der Waals surface area contributed by atoms with E-state index >= 15 is 0 Å². The van der Waals surface area contributed by atoms with Gasteiger partial charge in [-0.15, -0.1) is 10.2 Å². The molecule has 2 amide bonds. The van der Waals surface area contributed by atoms with Crippen molar-refractivity contribution in [1.29, 1.82) is 0 Å². The van der Waals surface area contributed by atoms with Gasteiger partial charge in [0.2, 0.25) is 0 Å². The number of nitrogens with zero attached hydrogens (tertiary/aromatic N) is 3. The largest absolute Gasteiger partial charge is 0.338 e. The van der Waals surface area contributed by atoms with E-state index in [1.54, 1.807) is 6.33 Å². The van der Waals surface area contributed by atoms with Crippen molar-refractivity contribution in [3.05, 3.63) is 48.0 Å². The lowest BCUT2D eigenvalue weighted by Gasteiger charge is -2.10. The first-order valence-electron chi connectivity index (χ1n) is 7.57. The van der Waals surface area contributed by atoms with Crippen LogP contribution in [0.15, 0.2) is 36.7 Å². The molecule has 0 bridgehead atoms. The zero-order valence-electron chi connectivity index (χ0n) is 13.1. The number of aromatic nitrogens is 3. The van der Waals surface area contributed by atoms with E-state index in [1.165, 1.54) is 5.56 Å². The van der Waals surface area contributed by atoms with Crippen LogP contribution in [0.4, 0.5) is 4.79 Å². The minimum absolute atomic E-state index is 0.175. The van der Waals surface area contributed by atoms with E-state index in [1.807, 2.05) is 22.8 Å². The highest BCUT2D eigenvalue weighted by atomic mass is 16.2. The standard InChI is InChI=1S/C16H23N5O/c1-13(2)10-17-16(22)18-11-15-20-19-12-21(15)9-8-14-6-4-3-5-7-14/h3-7,12-13H,8-11H2,1-2H3,(H2,17,18,22). The second-order valence-corrected chi connectivity index (χ2v) is 5.63. The summed E-state index contributed by atoms with van der Waals surface area (Å²) in [6, 6.07) is 10.1. The van der Waals surface area contributed by atoms with Crippen LogP contribution >= 0.6 is 0 Å². The summed E-state index contributed by atoms with van der Waals surface area (Å²) in [5, 5.41) is 13.6. The summed E-state index contributed by atoms with van der Waals surface area (Å²) in [6.07, 6.45) is 2.61. The van der Waals surface area contributed by atoms with E-state index in [4.69, 9.17) is 0 Å². The molecule has 0 atom stereocenters. The van der Waals surface area contributed by atoms with Crippen LogP contribution in [-0.4, -0.2) is 27.3 Å². The third-order valence-corrected chi connectivity index (χ3v) is 3.26. The number of nitrogens with one attached hydrogen (secondary N) is 2. The third-order valence-electron chi connectivity index (χ3n) is 3.26. The molecule has 0 radical (unpaired) electrons. The molecule has 0 fully saturated rings. The molecule has 0 aliphatic rings. The number of carbonyl (C=O) groups is 1. The topological polar surface area (TPSA) is 71.8 Å². The molecule has 0 aliphatic carbocycles. The van der Waals surface area contributed by atoms with Crippen molar-refractivity contribution >= 4 is 6.03 Å². The highest BCUT2D eigenvalue weighted by Crippen LogP contribution is 2.03. The predicted octanol–water partition coefficient (Wildman–Crippen LogP) is 1.98. The van der Waals surface area contributed by atoms with Gasteiger partial charge in [0.15, 0.2) is 5.82 Å². The van der Waals surface area contributed by atoms with Crippen molar-refractivity contribution in [2.24, 2.45) is 5.92 Å². The maximum Gasteiger partial charge on any atom is 0.315 e. The number of benzene rings is 1. The monoisotopic (exact) mass is 301 g/mol. The molecule has 6 nitrogen and oxygen atoms in total. The fourth-order valence-electron chi connectivity index (χ4n) is 2.02. The lowest BCUT2D eigenvalue weighted by molar-refractivity contribution is 0.239. The molecule has 0 aliphatic heterocycles. The van der Waals surface area contributed by atoms with Gasteiger partial charge in [0.25, 0.3) is 0 Å². The van der Waals surface area contributed by atoms with Crippen LogP contribution in [0, 0.1) is 5.92 Å². The zero-order chi connectivity index (χ0) is 15.8. The molecule has 22 heavy (non-hydrogen) atoms. The van der Waals surface area contributed by atoms with Crippen molar-refractivity contribution in [3.8, 4) is 0 Å². The molecule has 1 aromatic heterocycles. The van der Waals surface area contributed by atoms with E-state index in [9.17, 15) is 4.79 Å². The summed E-state index contributed by atoms with van der Waals surface area (Å²) < 4.78 is 1.97. The van der Waals surface area contributed by atoms with Gasteiger partial charge >= 0.3 is 6.03 Å². The summed E-state index contributed by atoms with van der Waals surface area (Å²) in [6.45, 7) is 5.94. The number of amides is 2. The van der Waals surface area contributed by atoms with Crippen LogP contribution in [0.2, 0.25) is 0 Å². The molecule has 118 valence electrons. The summed E-state index contributed by atoms with van der Waals surface area (Å²) in [5.74, 6) is 1.19. The summed E-state index contributed by atoms with van der Waals surface area (Å²) in [7, 11) is 0. The first-order valence-corrected chi connectivity index (χ1v) is 7.57. The molecule has 0 saturated heterocycles. The van der Waals surface area contributed by atoms with Gasteiger partial charge in [-0.3, -0.25) is 0 Å². The molecule has 2 aromatic rings. The molecule has 6 heteroatoms. The number of carbonyl (C=O) groups excluding carboxylic acids is 1. The lowest BCUT2D eigenvalue weighted by Crippen LogP contribution is -2.37. The Bertz CT molecular complexity index is 579. The predicted molar refractivity (Wildman–Crippen MR) is 85.2 cm³/mol. The normalized spacial score (nSPS) is 10.7. The van der Waals surface area contributed by atoms with Gasteiger partial charge in [-0.1, -0.05) is 44.2 Å².